The Hall–Kier alpha value is 0.443. The predicted octanol–water partition coefficient (Wildman–Crippen LogP) is -3.01. The maximum Gasteiger partial charge on any atom is 2.00 e. The first-order valence-corrected chi connectivity index (χ1v) is 1.17. The number of hydrogen-bond donors (Lipinski definition) is 0. The fraction of sp³-hybridized carbons (Fsp3) is 0.333. The van der Waals surface area contributed by atoms with E-state index < -0.39 is 5.97 Å². The summed E-state index contributed by atoms with van der Waals surface area (Å²) < 4.78 is 4.00. The summed E-state index contributed by atoms with van der Waals surface area (Å²) in [5.41, 5.74) is 0. The molecule has 0 saturated carbocycles. The Labute approximate surface area is 66.1 Å². The molecule has 0 atom stereocenters. The first-order valence-electron chi connectivity index (χ1n) is 1.17. The number of hydrogen-bond acceptors (Lipinski definition) is 2. The van der Waals surface area contributed by atoms with Gasteiger partial charge in [0, 0.05) is 0 Å². The van der Waals surface area contributed by atoms with Gasteiger partial charge < -0.3 is 21.7 Å². The molecule has 0 aliphatic carbocycles. The summed E-state index contributed by atoms with van der Waals surface area (Å²) in [5.74, 6) is -0.495. The molecule has 0 fully saturated rings. The van der Waals surface area contributed by atoms with E-state index in [0.717, 1.165) is 0 Å². The van der Waals surface area contributed by atoms with E-state index in [1.165, 1.54) is 7.11 Å². The fourth-order valence-corrected chi connectivity index (χ4v) is 0. The number of carbonyl (C=O) groups excluding carboxylic acids is 1. The summed E-state index contributed by atoms with van der Waals surface area (Å²) in [5, 5.41) is 0. The van der Waals surface area contributed by atoms with Crippen molar-refractivity contribution in [2.24, 2.45) is 0 Å². The van der Waals surface area contributed by atoms with Gasteiger partial charge in [-0.3, -0.25) is 11.7 Å². The molecule has 0 radical (unpaired) electrons. The molecule has 2 nitrogen and oxygen atoms in total. The van der Waals surface area contributed by atoms with E-state index in [1.807, 2.05) is 0 Å². The van der Waals surface area contributed by atoms with Crippen LogP contribution in [0.15, 0.2) is 0 Å². The molecular weight excluding hydrogens is 213 g/mol. The second-order valence-corrected chi connectivity index (χ2v) is 0.576. The molecular formula is C3H5BrO2Zn. The minimum absolute atomic E-state index is 0. The molecule has 0 aromatic rings. The van der Waals surface area contributed by atoms with Crippen LogP contribution in [0.5, 0.6) is 0 Å². The largest absolute Gasteiger partial charge is 2.00 e. The predicted molar refractivity (Wildman–Crippen MR) is 17.4 cm³/mol. The first-order chi connectivity index (χ1) is 2.27. The summed E-state index contributed by atoms with van der Waals surface area (Å²) in [6.07, 6.45) is 0. The first kappa shape index (κ1) is 15.7. The average Bonchev–Trinajstić information content (AvgIpc) is 1.38. The molecule has 0 unspecified atom stereocenters. The van der Waals surface area contributed by atoms with Gasteiger partial charge in [-0.1, -0.05) is 0 Å². The normalized spacial score (nSPS) is 4.71. The van der Waals surface area contributed by atoms with Crippen molar-refractivity contribution in [3.8, 4) is 0 Å². The molecule has 7 heavy (non-hydrogen) atoms. The number of halogens is 1. The van der Waals surface area contributed by atoms with E-state index in [4.69, 9.17) is 0 Å². The Bertz CT molecular complexity index is 48.2. The number of methoxy groups -OCH3 is 1. The molecule has 0 aromatic heterocycles. The zero-order chi connectivity index (χ0) is 4.28. The SMILES string of the molecule is [Br-].[CH2-]C(=O)OC.[Zn+2]. The van der Waals surface area contributed by atoms with Crippen molar-refractivity contribution in [2.45, 2.75) is 0 Å². The summed E-state index contributed by atoms with van der Waals surface area (Å²) in [6.45, 7) is 2.90. The molecule has 0 heterocycles. The Balaban J connectivity index is -0.0000000800. The van der Waals surface area contributed by atoms with Crippen molar-refractivity contribution in [1.29, 1.82) is 0 Å². The second-order valence-electron chi connectivity index (χ2n) is 0.576. The Morgan fingerprint density at radius 1 is 1.71 bits per heavy atom. The third kappa shape index (κ3) is 21.3. The van der Waals surface area contributed by atoms with E-state index in [-0.39, 0.29) is 36.5 Å². The van der Waals surface area contributed by atoms with Gasteiger partial charge in [-0.2, -0.15) is 0 Å². The fourth-order valence-electron chi connectivity index (χ4n) is 0. The van der Waals surface area contributed by atoms with Gasteiger partial charge in [0.15, 0.2) is 5.97 Å². The van der Waals surface area contributed by atoms with Crippen molar-refractivity contribution >= 4 is 5.97 Å². The van der Waals surface area contributed by atoms with Gasteiger partial charge in [-0.05, 0) is 0 Å². The maximum atomic E-state index is 9.48. The van der Waals surface area contributed by atoms with Gasteiger partial charge >= 0.3 is 19.5 Å². The van der Waals surface area contributed by atoms with E-state index in [1.54, 1.807) is 0 Å². The van der Waals surface area contributed by atoms with Crippen LogP contribution < -0.4 is 17.0 Å². The third-order valence-corrected chi connectivity index (χ3v) is 0.228. The Morgan fingerprint density at radius 2 is 1.86 bits per heavy atom. The van der Waals surface area contributed by atoms with E-state index >= 15 is 0 Å². The number of rotatable bonds is 0. The van der Waals surface area contributed by atoms with Gasteiger partial charge in [0.05, 0.1) is 7.11 Å². The van der Waals surface area contributed by atoms with Gasteiger partial charge in [0.2, 0.25) is 0 Å². The second kappa shape index (κ2) is 9.67. The van der Waals surface area contributed by atoms with Crippen LogP contribution in [0, 0.1) is 6.92 Å². The van der Waals surface area contributed by atoms with E-state index in [9.17, 15) is 4.79 Å². The Morgan fingerprint density at radius 3 is 1.86 bits per heavy atom. The smallest absolute Gasteiger partial charge is 1.00 e. The molecule has 0 aliphatic rings. The molecule has 0 spiro atoms. The number of carbonyl (C=O) groups is 1. The average molecular weight is 218 g/mol. The van der Waals surface area contributed by atoms with Crippen molar-refractivity contribution in [2.75, 3.05) is 7.11 Å². The standard InChI is InChI=1S/C3H5O2.BrH.Zn/c1-3(4)5-2;;/h1H2,2H3;1H;/q-1;;+2/p-1. The third-order valence-electron chi connectivity index (χ3n) is 0.228. The van der Waals surface area contributed by atoms with Gasteiger partial charge in [0.25, 0.3) is 0 Å². The molecule has 38 valence electrons. The van der Waals surface area contributed by atoms with Gasteiger partial charge in [-0.25, -0.2) is 0 Å². The van der Waals surface area contributed by atoms with Crippen molar-refractivity contribution < 1.29 is 46.0 Å². The minimum Gasteiger partial charge on any atom is -1.00 e. The summed E-state index contributed by atoms with van der Waals surface area (Å²) in [7, 11) is 1.29. The topological polar surface area (TPSA) is 26.3 Å². The molecule has 0 amide bonds. The molecule has 0 N–H and O–H groups in total. The van der Waals surface area contributed by atoms with Crippen LogP contribution in [0.25, 0.3) is 0 Å². The van der Waals surface area contributed by atoms with Crippen LogP contribution in [0.3, 0.4) is 0 Å². The van der Waals surface area contributed by atoms with E-state index in [2.05, 4.69) is 11.7 Å². The van der Waals surface area contributed by atoms with Crippen LogP contribution in [0.2, 0.25) is 0 Å². The summed E-state index contributed by atoms with van der Waals surface area (Å²) in [4.78, 5) is 9.48. The number of esters is 1. The van der Waals surface area contributed by atoms with Gasteiger partial charge in [-0.15, -0.1) is 0 Å². The molecule has 0 aliphatic heterocycles. The van der Waals surface area contributed by atoms with Crippen LogP contribution in [-0.2, 0) is 29.0 Å². The monoisotopic (exact) mass is 216 g/mol. The van der Waals surface area contributed by atoms with Crippen molar-refractivity contribution in [1.82, 2.24) is 0 Å². The van der Waals surface area contributed by atoms with Crippen LogP contribution in [-0.4, -0.2) is 13.1 Å². The minimum atomic E-state index is -0.495. The summed E-state index contributed by atoms with van der Waals surface area (Å²) in [6, 6.07) is 0. The van der Waals surface area contributed by atoms with Gasteiger partial charge in [0.1, 0.15) is 0 Å². The quantitative estimate of drug-likeness (QED) is 0.246. The van der Waals surface area contributed by atoms with Crippen LogP contribution in [0.1, 0.15) is 0 Å². The molecule has 0 rings (SSSR count). The van der Waals surface area contributed by atoms with Crippen molar-refractivity contribution in [3.63, 3.8) is 0 Å². The summed E-state index contributed by atoms with van der Waals surface area (Å²) >= 11 is 0. The zero-order valence-electron chi connectivity index (χ0n) is 4.11. The molecule has 0 aromatic carbocycles. The van der Waals surface area contributed by atoms with Crippen LogP contribution >= 0.6 is 0 Å². The molecule has 0 saturated heterocycles. The number of ether oxygens (including phenoxy) is 1. The maximum absolute atomic E-state index is 9.48. The molecule has 0 bridgehead atoms. The van der Waals surface area contributed by atoms with Crippen molar-refractivity contribution in [3.05, 3.63) is 6.92 Å². The molecule has 4 heteroatoms. The van der Waals surface area contributed by atoms with Crippen LogP contribution in [0.4, 0.5) is 0 Å². The Kier molecular flexibility index (Phi) is 21.6. The zero-order valence-corrected chi connectivity index (χ0v) is 8.66. The van der Waals surface area contributed by atoms with E-state index in [0.29, 0.717) is 0 Å².